The number of hydrogen-bond acceptors (Lipinski definition) is 2. The van der Waals surface area contributed by atoms with Crippen molar-refractivity contribution in [2.45, 2.75) is 22.4 Å². The lowest BCUT2D eigenvalue weighted by atomic mass is 10.2. The molecular formula is C10H12Br2O2S. The summed E-state index contributed by atoms with van der Waals surface area (Å²) in [5.74, 6) is 0. The summed E-state index contributed by atoms with van der Waals surface area (Å²) in [4.78, 5) is 0.340. The van der Waals surface area contributed by atoms with E-state index in [2.05, 4.69) is 31.9 Å². The molecule has 1 aromatic carbocycles. The average Bonchev–Trinajstić information content (AvgIpc) is 2.18. The fourth-order valence-electron chi connectivity index (χ4n) is 1.03. The van der Waals surface area contributed by atoms with Crippen molar-refractivity contribution < 1.29 is 8.42 Å². The molecular weight excluding hydrogens is 344 g/mol. The minimum absolute atomic E-state index is 0.340. The van der Waals surface area contributed by atoms with Gasteiger partial charge in [0, 0.05) is 5.33 Å². The van der Waals surface area contributed by atoms with Gasteiger partial charge in [-0.05, 0) is 26.0 Å². The van der Waals surface area contributed by atoms with E-state index in [0.29, 0.717) is 10.2 Å². The van der Waals surface area contributed by atoms with Crippen LogP contribution in [0.1, 0.15) is 12.5 Å². The van der Waals surface area contributed by atoms with E-state index in [4.69, 9.17) is 0 Å². The number of alkyl halides is 2. The molecule has 0 spiro atoms. The van der Waals surface area contributed by atoms with Gasteiger partial charge in [0.05, 0.1) is 4.90 Å². The Morgan fingerprint density at radius 2 is 1.73 bits per heavy atom. The highest BCUT2D eigenvalue weighted by Crippen LogP contribution is 2.32. The van der Waals surface area contributed by atoms with Gasteiger partial charge in [0.2, 0.25) is 0 Å². The van der Waals surface area contributed by atoms with E-state index in [1.165, 1.54) is 0 Å². The third-order valence-electron chi connectivity index (χ3n) is 2.13. The molecule has 0 aliphatic rings. The molecule has 0 saturated heterocycles. The second-order valence-corrected chi connectivity index (χ2v) is 8.77. The SMILES string of the molecule is Cc1ccc(S(=O)(=O)C(C)(Br)CBr)cc1. The first kappa shape index (κ1) is 13.2. The van der Waals surface area contributed by atoms with Gasteiger partial charge in [0.1, 0.15) is 3.66 Å². The van der Waals surface area contributed by atoms with Crippen LogP contribution < -0.4 is 0 Å². The third kappa shape index (κ3) is 2.63. The highest BCUT2D eigenvalue weighted by atomic mass is 79.9. The van der Waals surface area contributed by atoms with Gasteiger partial charge in [0.15, 0.2) is 9.84 Å². The molecule has 0 amide bonds. The molecule has 0 bridgehead atoms. The molecule has 0 aromatic heterocycles. The summed E-state index contributed by atoms with van der Waals surface area (Å²) in [6, 6.07) is 6.86. The van der Waals surface area contributed by atoms with Gasteiger partial charge in [-0.3, -0.25) is 0 Å². The molecule has 0 radical (unpaired) electrons. The molecule has 1 aromatic rings. The van der Waals surface area contributed by atoms with Crippen LogP contribution in [0, 0.1) is 6.92 Å². The van der Waals surface area contributed by atoms with E-state index >= 15 is 0 Å². The second kappa shape index (κ2) is 4.55. The Morgan fingerprint density at radius 1 is 1.27 bits per heavy atom. The zero-order chi connectivity index (χ0) is 11.7. The van der Waals surface area contributed by atoms with Crippen LogP contribution in [-0.4, -0.2) is 17.4 Å². The van der Waals surface area contributed by atoms with Crippen LogP contribution in [0.5, 0.6) is 0 Å². The maximum Gasteiger partial charge on any atom is 0.194 e. The molecule has 1 unspecified atom stereocenters. The fourth-order valence-corrected chi connectivity index (χ4v) is 3.63. The Bertz CT molecular complexity index is 435. The van der Waals surface area contributed by atoms with Crippen LogP contribution in [0.3, 0.4) is 0 Å². The summed E-state index contributed by atoms with van der Waals surface area (Å²) in [7, 11) is -3.34. The summed E-state index contributed by atoms with van der Waals surface area (Å²) in [6.07, 6.45) is 0. The first-order chi connectivity index (χ1) is 6.81. The van der Waals surface area contributed by atoms with Gasteiger partial charge in [-0.2, -0.15) is 0 Å². The largest absolute Gasteiger partial charge is 0.222 e. The van der Waals surface area contributed by atoms with E-state index in [1.54, 1.807) is 31.2 Å². The lowest BCUT2D eigenvalue weighted by Gasteiger charge is -2.20. The topological polar surface area (TPSA) is 34.1 Å². The zero-order valence-electron chi connectivity index (χ0n) is 8.50. The fraction of sp³-hybridized carbons (Fsp3) is 0.400. The Balaban J connectivity index is 3.24. The molecule has 0 aliphatic carbocycles. The lowest BCUT2D eigenvalue weighted by molar-refractivity contribution is 0.585. The molecule has 15 heavy (non-hydrogen) atoms. The Morgan fingerprint density at radius 3 is 2.13 bits per heavy atom. The molecule has 0 heterocycles. The van der Waals surface area contributed by atoms with Crippen LogP contribution in [0.25, 0.3) is 0 Å². The summed E-state index contributed by atoms with van der Waals surface area (Å²) >= 11 is 6.42. The van der Waals surface area contributed by atoms with Crippen LogP contribution in [0.15, 0.2) is 29.2 Å². The monoisotopic (exact) mass is 354 g/mol. The molecule has 0 N–H and O–H groups in total. The lowest BCUT2D eigenvalue weighted by Crippen LogP contribution is -2.30. The predicted octanol–water partition coefficient (Wildman–Crippen LogP) is 3.27. The van der Waals surface area contributed by atoms with Crippen molar-refractivity contribution in [3.05, 3.63) is 29.8 Å². The van der Waals surface area contributed by atoms with Crippen molar-refractivity contribution in [1.29, 1.82) is 0 Å². The van der Waals surface area contributed by atoms with E-state index in [1.807, 2.05) is 6.92 Å². The minimum atomic E-state index is -3.34. The first-order valence-electron chi connectivity index (χ1n) is 4.37. The van der Waals surface area contributed by atoms with E-state index in [-0.39, 0.29) is 0 Å². The quantitative estimate of drug-likeness (QED) is 0.780. The highest BCUT2D eigenvalue weighted by Gasteiger charge is 2.36. The predicted molar refractivity (Wildman–Crippen MR) is 69.5 cm³/mol. The van der Waals surface area contributed by atoms with Crippen LogP contribution in [-0.2, 0) is 9.84 Å². The summed E-state index contributed by atoms with van der Waals surface area (Å²) in [5.41, 5.74) is 1.05. The maximum atomic E-state index is 12.1. The zero-order valence-corrected chi connectivity index (χ0v) is 12.5. The summed E-state index contributed by atoms with van der Waals surface area (Å²) in [6.45, 7) is 3.56. The molecule has 2 nitrogen and oxygen atoms in total. The van der Waals surface area contributed by atoms with Gasteiger partial charge in [0.25, 0.3) is 0 Å². The molecule has 1 atom stereocenters. The number of halogens is 2. The van der Waals surface area contributed by atoms with Gasteiger partial charge in [-0.15, -0.1) is 0 Å². The van der Waals surface area contributed by atoms with Crippen molar-refractivity contribution in [1.82, 2.24) is 0 Å². The molecule has 0 saturated carbocycles. The average molecular weight is 356 g/mol. The van der Waals surface area contributed by atoms with Gasteiger partial charge in [-0.25, -0.2) is 8.42 Å². The third-order valence-corrected chi connectivity index (χ3v) is 8.09. The number of sulfone groups is 1. The number of benzene rings is 1. The Kier molecular flexibility index (Phi) is 4.01. The van der Waals surface area contributed by atoms with E-state index in [0.717, 1.165) is 5.56 Å². The van der Waals surface area contributed by atoms with Crippen molar-refractivity contribution in [3.8, 4) is 0 Å². The van der Waals surface area contributed by atoms with E-state index in [9.17, 15) is 8.42 Å². The standard InChI is InChI=1S/C10H12Br2O2S/c1-8-3-5-9(6-4-8)15(13,14)10(2,12)7-11/h3-6H,7H2,1-2H3. The Hall–Kier alpha value is 0.130. The molecule has 5 heteroatoms. The highest BCUT2D eigenvalue weighted by molar-refractivity contribution is 9.13. The molecule has 1 rings (SSSR count). The van der Waals surface area contributed by atoms with Gasteiger partial charge < -0.3 is 0 Å². The molecule has 0 aliphatic heterocycles. The van der Waals surface area contributed by atoms with E-state index < -0.39 is 13.5 Å². The van der Waals surface area contributed by atoms with Crippen molar-refractivity contribution in [2.75, 3.05) is 5.33 Å². The molecule has 84 valence electrons. The van der Waals surface area contributed by atoms with Gasteiger partial charge >= 0.3 is 0 Å². The van der Waals surface area contributed by atoms with Gasteiger partial charge in [-0.1, -0.05) is 49.6 Å². The number of rotatable bonds is 3. The minimum Gasteiger partial charge on any atom is -0.222 e. The Labute approximate surface area is 107 Å². The summed E-state index contributed by atoms with van der Waals surface area (Å²) < 4.78 is 23.3. The van der Waals surface area contributed by atoms with Crippen molar-refractivity contribution in [3.63, 3.8) is 0 Å². The maximum absolute atomic E-state index is 12.1. The van der Waals surface area contributed by atoms with Crippen LogP contribution in [0.2, 0.25) is 0 Å². The first-order valence-corrected chi connectivity index (χ1v) is 7.77. The number of hydrogen-bond donors (Lipinski definition) is 0. The second-order valence-electron chi connectivity index (χ2n) is 3.55. The van der Waals surface area contributed by atoms with Crippen molar-refractivity contribution in [2.24, 2.45) is 0 Å². The van der Waals surface area contributed by atoms with Crippen LogP contribution in [0.4, 0.5) is 0 Å². The van der Waals surface area contributed by atoms with Crippen LogP contribution >= 0.6 is 31.9 Å². The number of aryl methyl sites for hydroxylation is 1. The normalized spacial score (nSPS) is 16.0. The smallest absolute Gasteiger partial charge is 0.194 e. The molecule has 0 fully saturated rings. The summed E-state index contributed by atoms with van der Waals surface area (Å²) in [5, 5.41) is 0.343. The van der Waals surface area contributed by atoms with Crippen molar-refractivity contribution >= 4 is 41.7 Å².